The predicted octanol–water partition coefficient (Wildman–Crippen LogP) is 1.25. The van der Waals surface area contributed by atoms with Gasteiger partial charge in [-0.1, -0.05) is 22.4 Å². The third-order valence-corrected chi connectivity index (χ3v) is 2.37. The predicted molar refractivity (Wildman–Crippen MR) is 65.3 cm³/mol. The highest BCUT2D eigenvalue weighted by atomic mass is 79.9. The summed E-state index contributed by atoms with van der Waals surface area (Å²) in [5.74, 6) is -1.63. The number of hydrogen-bond donors (Lipinski definition) is 2. The second-order valence-electron chi connectivity index (χ2n) is 3.31. The first-order valence-electron chi connectivity index (χ1n) is 5.40. The molecular weight excluding hydrogens is 310 g/mol. The van der Waals surface area contributed by atoms with Crippen LogP contribution in [-0.2, 0) is 19.1 Å². The molecule has 1 amide bonds. The fourth-order valence-electron chi connectivity index (χ4n) is 0.960. The number of nitrogens with one attached hydrogen (secondary N) is 1. The van der Waals surface area contributed by atoms with Crippen LogP contribution in [-0.4, -0.2) is 41.8 Å². The molecule has 0 saturated carbocycles. The zero-order valence-corrected chi connectivity index (χ0v) is 11.4. The molecule has 0 spiro atoms. The molecule has 0 fully saturated rings. The van der Waals surface area contributed by atoms with E-state index in [-0.39, 0.29) is 6.42 Å². The van der Waals surface area contributed by atoms with Gasteiger partial charge in [0.2, 0.25) is 6.79 Å². The number of carbonyl (C=O) groups excluding carboxylic acids is 2. The summed E-state index contributed by atoms with van der Waals surface area (Å²) < 4.78 is 9.05. The maximum absolute atomic E-state index is 11.1. The maximum atomic E-state index is 11.1. The van der Waals surface area contributed by atoms with E-state index in [0.29, 0.717) is 0 Å². The van der Waals surface area contributed by atoms with Gasteiger partial charge < -0.3 is 19.9 Å². The average molecular weight is 326 g/mol. The molecule has 0 aliphatic carbocycles. The van der Waals surface area contributed by atoms with E-state index < -0.39 is 31.4 Å². The summed E-state index contributed by atoms with van der Waals surface area (Å²) in [5, 5.41) is 11.1. The lowest BCUT2D eigenvalue weighted by Gasteiger charge is -2.06. The van der Waals surface area contributed by atoms with Gasteiger partial charge in [-0.25, -0.2) is 4.79 Å². The van der Waals surface area contributed by atoms with E-state index in [4.69, 9.17) is 5.11 Å². The summed E-state index contributed by atoms with van der Waals surface area (Å²) in [6, 6.07) is 0. The summed E-state index contributed by atoms with van der Waals surface area (Å²) in [5.41, 5.74) is 0. The van der Waals surface area contributed by atoms with Gasteiger partial charge in [0, 0.05) is 11.8 Å². The zero-order valence-electron chi connectivity index (χ0n) is 9.82. The molecule has 104 valence electrons. The van der Waals surface area contributed by atoms with Crippen molar-refractivity contribution in [2.24, 2.45) is 0 Å². The van der Waals surface area contributed by atoms with E-state index in [0.717, 1.165) is 24.6 Å². The van der Waals surface area contributed by atoms with Crippen molar-refractivity contribution >= 4 is 34.0 Å². The summed E-state index contributed by atoms with van der Waals surface area (Å²) in [6.07, 6.45) is 1.95. The first-order chi connectivity index (χ1) is 8.56. The fraction of sp³-hybridized carbons (Fsp3) is 0.700. The van der Waals surface area contributed by atoms with Gasteiger partial charge >= 0.3 is 18.0 Å². The maximum Gasteiger partial charge on any atom is 0.410 e. The van der Waals surface area contributed by atoms with Crippen molar-refractivity contribution in [3.8, 4) is 0 Å². The number of carboxylic acids is 1. The van der Waals surface area contributed by atoms with Crippen molar-refractivity contribution in [3.63, 3.8) is 0 Å². The van der Waals surface area contributed by atoms with Gasteiger partial charge in [0.25, 0.3) is 0 Å². The van der Waals surface area contributed by atoms with Crippen LogP contribution in [0.4, 0.5) is 4.79 Å². The van der Waals surface area contributed by atoms with Crippen molar-refractivity contribution in [1.29, 1.82) is 0 Å². The third-order valence-electron chi connectivity index (χ3n) is 1.81. The number of amides is 1. The number of carbonyl (C=O) groups is 3. The van der Waals surface area contributed by atoms with E-state index in [9.17, 15) is 14.4 Å². The van der Waals surface area contributed by atoms with E-state index in [1.165, 1.54) is 0 Å². The Morgan fingerprint density at radius 3 is 2.44 bits per heavy atom. The Morgan fingerprint density at radius 1 is 1.11 bits per heavy atom. The number of rotatable bonds is 9. The molecule has 0 aliphatic rings. The van der Waals surface area contributed by atoms with Crippen LogP contribution in [0, 0.1) is 0 Å². The van der Waals surface area contributed by atoms with Crippen molar-refractivity contribution in [3.05, 3.63) is 0 Å². The lowest BCUT2D eigenvalue weighted by Crippen LogP contribution is -2.30. The molecule has 0 aromatic carbocycles. The quantitative estimate of drug-likeness (QED) is 0.286. The Hall–Kier alpha value is -1.31. The lowest BCUT2D eigenvalue weighted by atomic mass is 10.2. The van der Waals surface area contributed by atoms with E-state index >= 15 is 0 Å². The molecule has 0 unspecified atom stereocenters. The van der Waals surface area contributed by atoms with Crippen molar-refractivity contribution < 1.29 is 29.0 Å². The van der Waals surface area contributed by atoms with Crippen LogP contribution in [0.1, 0.15) is 25.7 Å². The summed E-state index contributed by atoms with van der Waals surface area (Å²) in [7, 11) is 0. The number of carboxylic acid groups (broad SMARTS) is 1. The van der Waals surface area contributed by atoms with Gasteiger partial charge in [0.05, 0.1) is 0 Å². The first-order valence-corrected chi connectivity index (χ1v) is 6.52. The molecule has 0 rings (SSSR count). The van der Waals surface area contributed by atoms with Gasteiger partial charge in [-0.15, -0.1) is 0 Å². The molecule has 2 N–H and O–H groups in total. The van der Waals surface area contributed by atoms with Crippen LogP contribution in [0.15, 0.2) is 0 Å². The minimum absolute atomic E-state index is 0.271. The van der Waals surface area contributed by atoms with Crippen molar-refractivity contribution in [2.45, 2.75) is 25.7 Å². The molecule has 18 heavy (non-hydrogen) atoms. The summed E-state index contributed by atoms with van der Waals surface area (Å²) >= 11 is 3.28. The minimum atomic E-state index is -1.18. The molecule has 0 aliphatic heterocycles. The second kappa shape index (κ2) is 10.8. The van der Waals surface area contributed by atoms with E-state index in [2.05, 4.69) is 25.4 Å². The van der Waals surface area contributed by atoms with Gasteiger partial charge in [-0.05, 0) is 12.8 Å². The molecule has 7 nitrogen and oxygen atoms in total. The number of alkyl halides is 1. The molecule has 0 aromatic heterocycles. The highest BCUT2D eigenvalue weighted by Crippen LogP contribution is 2.03. The Balaban J connectivity index is 3.44. The second-order valence-corrected chi connectivity index (χ2v) is 4.11. The number of aliphatic carboxylic acids is 1. The number of unbranched alkanes of at least 4 members (excludes halogenated alkanes) is 2. The Labute approximate surface area is 113 Å². The zero-order chi connectivity index (χ0) is 13.8. The van der Waals surface area contributed by atoms with Crippen LogP contribution in [0.5, 0.6) is 0 Å². The lowest BCUT2D eigenvalue weighted by molar-refractivity contribution is -0.152. The Morgan fingerprint density at radius 2 is 1.83 bits per heavy atom. The number of esters is 1. The topological polar surface area (TPSA) is 102 Å². The van der Waals surface area contributed by atoms with Gasteiger partial charge in [0.15, 0.2) is 0 Å². The Kier molecular flexibility index (Phi) is 10.0. The molecular formula is C10H16BrNO6. The van der Waals surface area contributed by atoms with Crippen molar-refractivity contribution in [2.75, 3.05) is 18.7 Å². The third kappa shape index (κ3) is 11.2. The molecule has 0 saturated heterocycles. The van der Waals surface area contributed by atoms with E-state index in [1.54, 1.807) is 0 Å². The highest BCUT2D eigenvalue weighted by molar-refractivity contribution is 9.09. The van der Waals surface area contributed by atoms with Crippen LogP contribution in [0.25, 0.3) is 0 Å². The normalized spacial score (nSPS) is 9.61. The minimum Gasteiger partial charge on any atom is -0.480 e. The largest absolute Gasteiger partial charge is 0.480 e. The van der Waals surface area contributed by atoms with Crippen LogP contribution in [0.3, 0.4) is 0 Å². The molecule has 8 heteroatoms. The smallest absolute Gasteiger partial charge is 0.410 e. The standard InChI is InChI=1S/C10H16BrNO6/c11-5-3-1-2-4-9(15)17-7-18-10(16)12-6-8(13)14/h1-7H2,(H,12,16)(H,13,14). The van der Waals surface area contributed by atoms with Crippen LogP contribution in [0.2, 0.25) is 0 Å². The number of ether oxygens (including phenoxy) is 2. The number of alkyl carbamates (subject to hydrolysis) is 1. The molecule has 0 atom stereocenters. The summed E-state index contributed by atoms with van der Waals surface area (Å²) in [4.78, 5) is 32.0. The molecule has 0 aromatic rings. The van der Waals surface area contributed by atoms with Gasteiger partial charge in [-0.3, -0.25) is 9.59 Å². The summed E-state index contributed by atoms with van der Waals surface area (Å²) in [6.45, 7) is -1.05. The number of hydrogen-bond acceptors (Lipinski definition) is 5. The van der Waals surface area contributed by atoms with Crippen molar-refractivity contribution in [1.82, 2.24) is 5.32 Å². The first kappa shape index (κ1) is 16.7. The average Bonchev–Trinajstić information content (AvgIpc) is 2.32. The molecule has 0 bridgehead atoms. The van der Waals surface area contributed by atoms with E-state index in [1.807, 2.05) is 5.32 Å². The highest BCUT2D eigenvalue weighted by Gasteiger charge is 2.06. The molecule has 0 heterocycles. The van der Waals surface area contributed by atoms with Gasteiger partial charge in [-0.2, -0.15) is 0 Å². The van der Waals surface area contributed by atoms with Crippen LogP contribution >= 0.6 is 15.9 Å². The fourth-order valence-corrected chi connectivity index (χ4v) is 1.36. The van der Waals surface area contributed by atoms with Crippen LogP contribution < -0.4 is 5.32 Å². The van der Waals surface area contributed by atoms with Gasteiger partial charge in [0.1, 0.15) is 6.54 Å². The Bertz CT molecular complexity index is 284. The SMILES string of the molecule is O=C(O)CNC(=O)OCOC(=O)CCCCCBr. The number of halogens is 1. The monoisotopic (exact) mass is 325 g/mol. The molecule has 0 radical (unpaired) electrons.